The summed E-state index contributed by atoms with van der Waals surface area (Å²) in [7, 11) is 0. The van der Waals surface area contributed by atoms with E-state index >= 15 is 0 Å². The summed E-state index contributed by atoms with van der Waals surface area (Å²) in [6.07, 6.45) is 0.517. The van der Waals surface area contributed by atoms with E-state index in [0.29, 0.717) is 11.6 Å². The molecule has 5 heteroatoms. The first kappa shape index (κ1) is 12.0. The number of nitrogens with one attached hydrogen (secondary N) is 1. The third-order valence-electron chi connectivity index (χ3n) is 2.50. The molecule has 90 valence electrons. The lowest BCUT2D eigenvalue weighted by molar-refractivity contribution is -0.304. The van der Waals surface area contributed by atoms with Crippen LogP contribution in [-0.2, 0) is 4.79 Å². The number of aliphatic carboxylic acids is 1. The smallest absolute Gasteiger partial charge is 0.167 e. The fraction of sp³-hybridized carbons (Fsp3) is 0.333. The molecule has 1 atom stereocenters. The summed E-state index contributed by atoms with van der Waals surface area (Å²) in [4.78, 5) is 18.3. The number of nitrogens with zero attached hydrogens (tertiary/aromatic N) is 1. The second kappa shape index (κ2) is 4.79. The van der Waals surface area contributed by atoms with Gasteiger partial charge in [0.25, 0.3) is 0 Å². The van der Waals surface area contributed by atoms with Gasteiger partial charge in [0.1, 0.15) is 0 Å². The van der Waals surface area contributed by atoms with Crippen LogP contribution in [0.25, 0.3) is 11.0 Å². The van der Waals surface area contributed by atoms with Crippen molar-refractivity contribution in [3.05, 3.63) is 23.8 Å². The summed E-state index contributed by atoms with van der Waals surface area (Å²) >= 11 is 1.20. The molecule has 0 aliphatic heterocycles. The molecule has 17 heavy (non-hydrogen) atoms. The van der Waals surface area contributed by atoms with Gasteiger partial charge in [0, 0.05) is 0 Å². The van der Waals surface area contributed by atoms with Gasteiger partial charge in [-0.3, -0.25) is 0 Å². The predicted molar refractivity (Wildman–Crippen MR) is 65.8 cm³/mol. The lowest BCUT2D eigenvalue weighted by atomic mass is 10.2. The minimum atomic E-state index is -1.05. The standard InChI is InChI=1S/C12H14N2O2S/c1-3-10(11(15)16)17-12-13-8-5-4-7(2)6-9(8)14-12/h4-6,10H,3H2,1-2H3,(H,13,14)(H,15,16)/p-1/t10-/m1/s1. The topological polar surface area (TPSA) is 68.8 Å². The van der Waals surface area contributed by atoms with Crippen LogP contribution in [0.4, 0.5) is 0 Å². The number of carboxylic acid groups (broad SMARTS) is 1. The molecule has 1 N–H and O–H groups in total. The molecule has 1 aromatic heterocycles. The maximum atomic E-state index is 10.8. The van der Waals surface area contributed by atoms with Gasteiger partial charge in [-0.05, 0) is 31.0 Å². The summed E-state index contributed by atoms with van der Waals surface area (Å²) in [5, 5.41) is 10.9. The molecule has 2 rings (SSSR count). The summed E-state index contributed by atoms with van der Waals surface area (Å²) in [6.45, 7) is 3.82. The van der Waals surface area contributed by atoms with Crippen molar-refractivity contribution in [2.24, 2.45) is 0 Å². The monoisotopic (exact) mass is 249 g/mol. The molecule has 0 amide bonds. The zero-order valence-corrected chi connectivity index (χ0v) is 10.5. The van der Waals surface area contributed by atoms with Crippen molar-refractivity contribution < 1.29 is 9.90 Å². The van der Waals surface area contributed by atoms with Crippen LogP contribution in [0, 0.1) is 6.92 Å². The molecule has 0 fully saturated rings. The van der Waals surface area contributed by atoms with Crippen molar-refractivity contribution in [3.8, 4) is 0 Å². The zero-order chi connectivity index (χ0) is 12.4. The number of H-pyrrole nitrogens is 1. The molecule has 0 aliphatic rings. The number of aryl methyl sites for hydroxylation is 1. The lowest BCUT2D eigenvalue weighted by Gasteiger charge is -2.12. The van der Waals surface area contributed by atoms with Crippen molar-refractivity contribution in [1.82, 2.24) is 9.97 Å². The van der Waals surface area contributed by atoms with Crippen molar-refractivity contribution in [1.29, 1.82) is 0 Å². The van der Waals surface area contributed by atoms with E-state index in [1.807, 2.05) is 32.0 Å². The highest BCUT2D eigenvalue weighted by Crippen LogP contribution is 2.25. The number of aromatic nitrogens is 2. The van der Waals surface area contributed by atoms with Crippen molar-refractivity contribution >= 4 is 28.8 Å². The maximum Gasteiger partial charge on any atom is 0.167 e. The van der Waals surface area contributed by atoms with Crippen LogP contribution in [-0.4, -0.2) is 21.2 Å². The van der Waals surface area contributed by atoms with Crippen molar-refractivity contribution in [3.63, 3.8) is 0 Å². The number of aromatic amines is 1. The van der Waals surface area contributed by atoms with Gasteiger partial charge in [-0.15, -0.1) is 0 Å². The highest BCUT2D eigenvalue weighted by molar-refractivity contribution is 8.00. The second-order valence-corrected chi connectivity index (χ2v) is 5.09. The third kappa shape index (κ3) is 2.61. The number of carboxylic acids is 1. The van der Waals surface area contributed by atoms with Gasteiger partial charge >= 0.3 is 0 Å². The zero-order valence-electron chi connectivity index (χ0n) is 9.69. The van der Waals surface area contributed by atoms with Crippen LogP contribution in [0.3, 0.4) is 0 Å². The van der Waals surface area contributed by atoms with Crippen molar-refractivity contribution in [2.45, 2.75) is 30.7 Å². The highest BCUT2D eigenvalue weighted by atomic mass is 32.2. The molecule has 0 spiro atoms. The van der Waals surface area contributed by atoms with Crippen LogP contribution in [0.1, 0.15) is 18.9 Å². The maximum absolute atomic E-state index is 10.8. The Labute approximate surface area is 103 Å². The molecule has 0 radical (unpaired) electrons. The largest absolute Gasteiger partial charge is 0.549 e. The van der Waals surface area contributed by atoms with E-state index in [1.54, 1.807) is 0 Å². The van der Waals surface area contributed by atoms with E-state index in [4.69, 9.17) is 0 Å². The number of rotatable bonds is 4. The van der Waals surface area contributed by atoms with Crippen LogP contribution in [0.2, 0.25) is 0 Å². The van der Waals surface area contributed by atoms with E-state index < -0.39 is 11.2 Å². The molecule has 1 heterocycles. The molecular formula is C12H13N2O2S-. The van der Waals surface area contributed by atoms with E-state index in [9.17, 15) is 9.90 Å². The number of fused-ring (bicyclic) bond motifs is 1. The second-order valence-electron chi connectivity index (χ2n) is 3.90. The van der Waals surface area contributed by atoms with Crippen LogP contribution in [0.15, 0.2) is 23.4 Å². The van der Waals surface area contributed by atoms with E-state index in [-0.39, 0.29) is 0 Å². The van der Waals surface area contributed by atoms with Gasteiger partial charge in [-0.1, -0.05) is 24.8 Å². The average Bonchev–Trinajstić information content (AvgIpc) is 2.66. The Morgan fingerprint density at radius 2 is 2.35 bits per heavy atom. The Morgan fingerprint density at radius 3 is 3.00 bits per heavy atom. The van der Waals surface area contributed by atoms with Crippen LogP contribution < -0.4 is 5.11 Å². The van der Waals surface area contributed by atoms with Gasteiger partial charge in [0.05, 0.1) is 22.3 Å². The summed E-state index contributed by atoms with van der Waals surface area (Å²) in [5.74, 6) is -1.05. The SMILES string of the molecule is CC[C@@H](Sc1nc2ccc(C)cc2[nH]1)C(=O)[O-]. The number of imidazole rings is 1. The quantitative estimate of drug-likeness (QED) is 0.833. The Kier molecular flexibility index (Phi) is 3.38. The predicted octanol–water partition coefficient (Wildman–Crippen LogP) is 1.49. The minimum absolute atomic E-state index is 0.517. The fourth-order valence-corrected chi connectivity index (χ4v) is 2.44. The molecule has 1 aromatic carbocycles. The average molecular weight is 249 g/mol. The number of benzene rings is 1. The Hall–Kier alpha value is -1.49. The molecule has 0 saturated carbocycles. The summed E-state index contributed by atoms with van der Waals surface area (Å²) in [6, 6.07) is 5.89. The number of carbonyl (C=O) groups excluding carboxylic acids is 1. The van der Waals surface area contributed by atoms with E-state index in [2.05, 4.69) is 9.97 Å². The van der Waals surface area contributed by atoms with Crippen molar-refractivity contribution in [2.75, 3.05) is 0 Å². The Morgan fingerprint density at radius 1 is 1.59 bits per heavy atom. The van der Waals surface area contributed by atoms with Gasteiger partial charge in [0.2, 0.25) is 0 Å². The van der Waals surface area contributed by atoms with Crippen LogP contribution in [0.5, 0.6) is 0 Å². The fourth-order valence-electron chi connectivity index (χ4n) is 1.59. The first-order chi connectivity index (χ1) is 8.10. The molecule has 0 unspecified atom stereocenters. The van der Waals surface area contributed by atoms with Crippen LogP contribution >= 0.6 is 11.8 Å². The number of hydrogen-bond donors (Lipinski definition) is 1. The van der Waals surface area contributed by atoms with Gasteiger partial charge < -0.3 is 14.9 Å². The first-order valence-corrected chi connectivity index (χ1v) is 6.32. The molecular weight excluding hydrogens is 236 g/mol. The number of hydrogen-bond acceptors (Lipinski definition) is 4. The first-order valence-electron chi connectivity index (χ1n) is 5.44. The lowest BCUT2D eigenvalue weighted by Crippen LogP contribution is -2.33. The third-order valence-corrected chi connectivity index (χ3v) is 3.73. The van der Waals surface area contributed by atoms with Gasteiger partial charge in [0.15, 0.2) is 5.16 Å². The molecule has 2 aromatic rings. The minimum Gasteiger partial charge on any atom is -0.549 e. The van der Waals surface area contributed by atoms with E-state index in [0.717, 1.165) is 16.6 Å². The summed E-state index contributed by atoms with van der Waals surface area (Å²) < 4.78 is 0. The van der Waals surface area contributed by atoms with Gasteiger partial charge in [-0.25, -0.2) is 4.98 Å². The highest BCUT2D eigenvalue weighted by Gasteiger charge is 2.12. The molecule has 0 bridgehead atoms. The molecule has 0 aliphatic carbocycles. The number of carbonyl (C=O) groups is 1. The molecule has 0 saturated heterocycles. The number of thioether (sulfide) groups is 1. The summed E-state index contributed by atoms with van der Waals surface area (Å²) in [5.41, 5.74) is 2.93. The van der Waals surface area contributed by atoms with E-state index in [1.165, 1.54) is 11.8 Å². The van der Waals surface area contributed by atoms with Gasteiger partial charge in [-0.2, -0.15) is 0 Å². The Balaban J connectivity index is 2.27. The normalized spacial score (nSPS) is 12.8. The Bertz CT molecular complexity index is 550. The molecule has 4 nitrogen and oxygen atoms in total.